The number of unbranched alkanes of at least 4 members (excludes halogenated alkanes) is 1. The molecule has 0 aliphatic carbocycles. The molecule has 16 heavy (non-hydrogen) atoms. The highest BCUT2D eigenvalue weighted by atomic mass is 32.1. The average molecular weight is 241 g/mol. The van der Waals surface area contributed by atoms with E-state index in [1.165, 1.54) is 0 Å². The van der Waals surface area contributed by atoms with Gasteiger partial charge in [-0.1, -0.05) is 13.3 Å². The van der Waals surface area contributed by atoms with Gasteiger partial charge in [0.15, 0.2) is 0 Å². The SMILES string of the molecule is CCCCC(=O)NCC(OC)c1ccsc1. The molecule has 90 valence electrons. The minimum absolute atomic E-state index is 0.0307. The van der Waals surface area contributed by atoms with Gasteiger partial charge in [0.2, 0.25) is 5.91 Å². The summed E-state index contributed by atoms with van der Waals surface area (Å²) in [6, 6.07) is 2.02. The molecule has 0 fully saturated rings. The molecule has 1 aromatic heterocycles. The number of nitrogens with one attached hydrogen (secondary N) is 1. The third kappa shape index (κ3) is 4.33. The van der Waals surface area contributed by atoms with Gasteiger partial charge >= 0.3 is 0 Å². The van der Waals surface area contributed by atoms with Gasteiger partial charge in [-0.2, -0.15) is 11.3 Å². The predicted octanol–water partition coefficient (Wildman–Crippen LogP) is 2.74. The molecule has 0 saturated carbocycles. The number of methoxy groups -OCH3 is 1. The lowest BCUT2D eigenvalue weighted by molar-refractivity contribution is -0.121. The van der Waals surface area contributed by atoms with Crippen molar-refractivity contribution in [3.63, 3.8) is 0 Å². The summed E-state index contributed by atoms with van der Waals surface area (Å²) in [7, 11) is 1.67. The third-order valence-corrected chi connectivity index (χ3v) is 3.14. The molecule has 0 aliphatic rings. The van der Waals surface area contributed by atoms with Crippen molar-refractivity contribution in [2.24, 2.45) is 0 Å². The van der Waals surface area contributed by atoms with E-state index in [-0.39, 0.29) is 12.0 Å². The minimum atomic E-state index is -0.0307. The number of hydrogen-bond donors (Lipinski definition) is 1. The molecule has 1 amide bonds. The Morgan fingerprint density at radius 2 is 2.44 bits per heavy atom. The van der Waals surface area contributed by atoms with Gasteiger partial charge in [-0.25, -0.2) is 0 Å². The van der Waals surface area contributed by atoms with Crippen molar-refractivity contribution >= 4 is 17.2 Å². The van der Waals surface area contributed by atoms with Gasteiger partial charge in [0.05, 0.1) is 0 Å². The van der Waals surface area contributed by atoms with Crippen LogP contribution in [0.4, 0.5) is 0 Å². The molecule has 1 unspecified atom stereocenters. The molecule has 0 radical (unpaired) electrons. The maximum Gasteiger partial charge on any atom is 0.220 e. The standard InChI is InChI=1S/C12H19NO2S/c1-3-4-5-12(14)13-8-11(15-2)10-6-7-16-9-10/h6-7,9,11H,3-5,8H2,1-2H3,(H,13,14). The highest BCUT2D eigenvalue weighted by Gasteiger charge is 2.11. The van der Waals surface area contributed by atoms with Gasteiger partial charge < -0.3 is 10.1 Å². The van der Waals surface area contributed by atoms with E-state index in [9.17, 15) is 4.79 Å². The van der Waals surface area contributed by atoms with Gasteiger partial charge in [0, 0.05) is 20.1 Å². The molecule has 3 nitrogen and oxygen atoms in total. The van der Waals surface area contributed by atoms with Gasteiger partial charge in [-0.15, -0.1) is 0 Å². The van der Waals surface area contributed by atoms with Gasteiger partial charge in [-0.3, -0.25) is 4.79 Å². The highest BCUT2D eigenvalue weighted by Crippen LogP contribution is 2.18. The molecule has 1 N–H and O–H groups in total. The molecule has 1 atom stereocenters. The van der Waals surface area contributed by atoms with Crippen LogP contribution in [-0.4, -0.2) is 19.6 Å². The van der Waals surface area contributed by atoms with Crippen molar-refractivity contribution in [2.45, 2.75) is 32.3 Å². The van der Waals surface area contributed by atoms with Crippen LogP contribution in [0.2, 0.25) is 0 Å². The van der Waals surface area contributed by atoms with Crippen LogP contribution in [0.1, 0.15) is 37.9 Å². The Hall–Kier alpha value is -0.870. The number of carbonyl (C=O) groups excluding carboxylic acids is 1. The van der Waals surface area contributed by atoms with Crippen LogP contribution in [0.5, 0.6) is 0 Å². The van der Waals surface area contributed by atoms with Crippen molar-refractivity contribution in [1.82, 2.24) is 5.32 Å². The second-order valence-electron chi connectivity index (χ2n) is 3.69. The van der Waals surface area contributed by atoms with Crippen molar-refractivity contribution in [3.05, 3.63) is 22.4 Å². The summed E-state index contributed by atoms with van der Waals surface area (Å²) < 4.78 is 5.34. The van der Waals surface area contributed by atoms with E-state index < -0.39 is 0 Å². The zero-order valence-corrected chi connectivity index (χ0v) is 10.7. The summed E-state index contributed by atoms with van der Waals surface area (Å²) in [5, 5.41) is 6.96. The number of carbonyl (C=O) groups is 1. The lowest BCUT2D eigenvalue weighted by Crippen LogP contribution is -2.28. The molecule has 0 saturated heterocycles. The van der Waals surface area contributed by atoms with E-state index >= 15 is 0 Å². The Morgan fingerprint density at radius 1 is 1.62 bits per heavy atom. The van der Waals surface area contributed by atoms with Crippen LogP contribution in [0.15, 0.2) is 16.8 Å². The maximum absolute atomic E-state index is 11.4. The van der Waals surface area contributed by atoms with Crippen LogP contribution in [-0.2, 0) is 9.53 Å². The van der Waals surface area contributed by atoms with Crippen molar-refractivity contribution in [2.75, 3.05) is 13.7 Å². The fraction of sp³-hybridized carbons (Fsp3) is 0.583. The molecular weight excluding hydrogens is 222 g/mol. The lowest BCUT2D eigenvalue weighted by Gasteiger charge is -2.14. The zero-order chi connectivity index (χ0) is 11.8. The summed E-state index contributed by atoms with van der Waals surface area (Å²) in [5.74, 6) is 0.110. The van der Waals surface area contributed by atoms with E-state index in [0.717, 1.165) is 18.4 Å². The second kappa shape index (κ2) is 7.41. The Balaban J connectivity index is 2.32. The van der Waals surface area contributed by atoms with Gasteiger partial charge in [0.1, 0.15) is 6.10 Å². The van der Waals surface area contributed by atoms with E-state index in [2.05, 4.69) is 12.2 Å². The smallest absolute Gasteiger partial charge is 0.220 e. The van der Waals surface area contributed by atoms with Crippen LogP contribution < -0.4 is 5.32 Å². The molecular formula is C12H19NO2S. The first-order valence-electron chi connectivity index (χ1n) is 5.59. The Labute approximate surface area is 101 Å². The molecule has 0 spiro atoms. The number of rotatable bonds is 7. The van der Waals surface area contributed by atoms with Gasteiger partial charge in [-0.05, 0) is 28.8 Å². The topological polar surface area (TPSA) is 38.3 Å². The Morgan fingerprint density at radius 3 is 3.00 bits per heavy atom. The van der Waals surface area contributed by atoms with E-state index in [0.29, 0.717) is 13.0 Å². The van der Waals surface area contributed by atoms with Crippen molar-refractivity contribution < 1.29 is 9.53 Å². The van der Waals surface area contributed by atoms with Crippen LogP contribution in [0, 0.1) is 0 Å². The number of amides is 1. The normalized spacial score (nSPS) is 12.4. The number of ether oxygens (including phenoxy) is 1. The zero-order valence-electron chi connectivity index (χ0n) is 9.86. The summed E-state index contributed by atoms with van der Waals surface area (Å²) >= 11 is 1.64. The highest BCUT2D eigenvalue weighted by molar-refractivity contribution is 7.07. The monoisotopic (exact) mass is 241 g/mol. The molecule has 4 heteroatoms. The van der Waals surface area contributed by atoms with Crippen molar-refractivity contribution in [3.8, 4) is 0 Å². The lowest BCUT2D eigenvalue weighted by atomic mass is 10.2. The fourth-order valence-electron chi connectivity index (χ4n) is 1.43. The van der Waals surface area contributed by atoms with Crippen LogP contribution in [0.25, 0.3) is 0 Å². The minimum Gasteiger partial charge on any atom is -0.375 e. The summed E-state index contributed by atoms with van der Waals surface area (Å²) in [6.07, 6.45) is 2.57. The summed E-state index contributed by atoms with van der Waals surface area (Å²) in [5.41, 5.74) is 1.13. The molecule has 1 heterocycles. The van der Waals surface area contributed by atoms with E-state index in [1.54, 1.807) is 18.4 Å². The molecule has 1 rings (SSSR count). The summed E-state index contributed by atoms with van der Waals surface area (Å²) in [6.45, 7) is 2.63. The first kappa shape index (κ1) is 13.2. The maximum atomic E-state index is 11.4. The van der Waals surface area contributed by atoms with Gasteiger partial charge in [0.25, 0.3) is 0 Å². The Bertz CT molecular complexity index is 298. The van der Waals surface area contributed by atoms with Crippen LogP contribution >= 0.6 is 11.3 Å². The third-order valence-electron chi connectivity index (χ3n) is 2.44. The molecule has 0 aromatic carbocycles. The Kier molecular flexibility index (Phi) is 6.11. The summed E-state index contributed by atoms with van der Waals surface area (Å²) in [4.78, 5) is 11.4. The molecule has 1 aromatic rings. The number of hydrogen-bond acceptors (Lipinski definition) is 3. The van der Waals surface area contributed by atoms with Crippen LogP contribution in [0.3, 0.4) is 0 Å². The fourth-order valence-corrected chi connectivity index (χ4v) is 2.13. The van der Waals surface area contributed by atoms with Crippen molar-refractivity contribution in [1.29, 1.82) is 0 Å². The largest absolute Gasteiger partial charge is 0.375 e. The van der Waals surface area contributed by atoms with E-state index in [4.69, 9.17) is 4.74 Å². The first-order valence-corrected chi connectivity index (χ1v) is 6.53. The molecule has 0 aliphatic heterocycles. The molecule has 0 bridgehead atoms. The quantitative estimate of drug-likeness (QED) is 0.797. The average Bonchev–Trinajstić information content (AvgIpc) is 2.81. The van der Waals surface area contributed by atoms with E-state index in [1.807, 2.05) is 16.8 Å². The number of thiophene rings is 1. The predicted molar refractivity (Wildman–Crippen MR) is 66.6 cm³/mol. The first-order chi connectivity index (χ1) is 7.77. The second-order valence-corrected chi connectivity index (χ2v) is 4.47.